The zero-order valence-corrected chi connectivity index (χ0v) is 15.8. The second kappa shape index (κ2) is 8.34. The van der Waals surface area contributed by atoms with Crippen LogP contribution in [0.15, 0.2) is 36.7 Å². The lowest BCUT2D eigenvalue weighted by Gasteiger charge is -2.11. The summed E-state index contributed by atoms with van der Waals surface area (Å²) in [6, 6.07) is 7.49. The number of ether oxygens (including phenoxy) is 1. The first-order valence-electron chi connectivity index (χ1n) is 8.66. The summed E-state index contributed by atoms with van der Waals surface area (Å²) in [5, 5.41) is 5.85. The highest BCUT2D eigenvalue weighted by Gasteiger charge is 2.27. The van der Waals surface area contributed by atoms with Crippen LogP contribution in [0.2, 0.25) is 0 Å². The number of sulfone groups is 1. The Hall–Kier alpha value is -2.68. The molecule has 8 nitrogen and oxygen atoms in total. The molecule has 1 unspecified atom stereocenters. The van der Waals surface area contributed by atoms with Crippen molar-refractivity contribution in [3.63, 3.8) is 0 Å². The molecule has 0 saturated carbocycles. The van der Waals surface area contributed by atoms with Gasteiger partial charge in [-0.3, -0.25) is 4.79 Å². The van der Waals surface area contributed by atoms with Crippen LogP contribution in [-0.2, 0) is 16.3 Å². The second-order valence-electron chi connectivity index (χ2n) is 6.35. The first-order valence-corrected chi connectivity index (χ1v) is 10.5. The van der Waals surface area contributed by atoms with Gasteiger partial charge in [-0.05, 0) is 24.5 Å². The number of carbonyl (C=O) groups is 1. The third kappa shape index (κ3) is 5.16. The van der Waals surface area contributed by atoms with Crippen molar-refractivity contribution in [2.75, 3.05) is 30.5 Å². The van der Waals surface area contributed by atoms with Crippen molar-refractivity contribution in [2.45, 2.75) is 18.9 Å². The third-order valence-electron chi connectivity index (χ3n) is 4.34. The van der Waals surface area contributed by atoms with Gasteiger partial charge in [0.1, 0.15) is 17.3 Å². The quantitative estimate of drug-likeness (QED) is 0.727. The van der Waals surface area contributed by atoms with E-state index in [2.05, 4.69) is 20.6 Å². The number of anilines is 1. The van der Waals surface area contributed by atoms with Crippen LogP contribution in [0, 0.1) is 0 Å². The molecule has 1 atom stereocenters. The molecule has 0 bridgehead atoms. The zero-order valence-electron chi connectivity index (χ0n) is 15.0. The van der Waals surface area contributed by atoms with Crippen molar-refractivity contribution in [2.24, 2.45) is 0 Å². The van der Waals surface area contributed by atoms with Crippen LogP contribution >= 0.6 is 0 Å². The van der Waals surface area contributed by atoms with E-state index in [0.717, 1.165) is 11.3 Å². The number of aromatic nitrogens is 2. The Bertz CT molecular complexity index is 900. The summed E-state index contributed by atoms with van der Waals surface area (Å²) >= 11 is 0. The number of hydrogen-bond acceptors (Lipinski definition) is 7. The Morgan fingerprint density at radius 3 is 2.74 bits per heavy atom. The Morgan fingerprint density at radius 1 is 1.26 bits per heavy atom. The van der Waals surface area contributed by atoms with Crippen molar-refractivity contribution in [1.82, 2.24) is 15.3 Å². The highest BCUT2D eigenvalue weighted by Crippen LogP contribution is 2.17. The lowest BCUT2D eigenvalue weighted by Crippen LogP contribution is -2.27. The van der Waals surface area contributed by atoms with Crippen LogP contribution in [0.25, 0.3) is 0 Å². The van der Waals surface area contributed by atoms with Gasteiger partial charge < -0.3 is 15.4 Å². The number of nitrogens with zero attached hydrogens (tertiary/aromatic N) is 2. The van der Waals surface area contributed by atoms with Crippen molar-refractivity contribution >= 4 is 21.6 Å². The molecule has 1 aromatic carbocycles. The van der Waals surface area contributed by atoms with E-state index in [9.17, 15) is 13.2 Å². The molecule has 3 rings (SSSR count). The van der Waals surface area contributed by atoms with Gasteiger partial charge in [0.05, 0.1) is 31.0 Å². The summed E-state index contributed by atoms with van der Waals surface area (Å²) in [7, 11) is -1.34. The molecule has 144 valence electrons. The molecule has 9 heteroatoms. The maximum absolute atomic E-state index is 12.2. The predicted octanol–water partition coefficient (Wildman–Crippen LogP) is 1.06. The smallest absolute Gasteiger partial charge is 0.271 e. The summed E-state index contributed by atoms with van der Waals surface area (Å²) in [4.78, 5) is 20.4. The number of para-hydroxylation sites is 1. The van der Waals surface area contributed by atoms with E-state index < -0.39 is 9.84 Å². The Labute approximate surface area is 158 Å². The fourth-order valence-corrected chi connectivity index (χ4v) is 4.62. The minimum absolute atomic E-state index is 0.0971. The fourth-order valence-electron chi connectivity index (χ4n) is 2.95. The number of benzene rings is 1. The summed E-state index contributed by atoms with van der Waals surface area (Å²) in [5.41, 5.74) is 1.22. The monoisotopic (exact) mass is 390 g/mol. The Morgan fingerprint density at radius 2 is 2.07 bits per heavy atom. The molecule has 1 aliphatic rings. The maximum atomic E-state index is 12.2. The van der Waals surface area contributed by atoms with Gasteiger partial charge in [0.15, 0.2) is 9.84 Å². The number of nitrogens with one attached hydrogen (secondary N) is 2. The molecule has 1 aromatic heterocycles. The summed E-state index contributed by atoms with van der Waals surface area (Å²) in [6.07, 6.45) is 4.01. The van der Waals surface area contributed by atoms with Crippen LogP contribution in [0.5, 0.6) is 5.75 Å². The predicted molar refractivity (Wildman–Crippen MR) is 102 cm³/mol. The first kappa shape index (κ1) is 19.1. The van der Waals surface area contributed by atoms with Crippen molar-refractivity contribution in [3.05, 3.63) is 47.9 Å². The molecule has 1 fully saturated rings. The normalized spacial score (nSPS) is 18.0. The average molecular weight is 390 g/mol. The summed E-state index contributed by atoms with van der Waals surface area (Å²) in [5.74, 6) is 1.22. The molecule has 1 amide bonds. The molecule has 0 aliphatic carbocycles. The van der Waals surface area contributed by atoms with E-state index in [0.29, 0.717) is 25.2 Å². The largest absolute Gasteiger partial charge is 0.496 e. The SMILES string of the molecule is COc1ccccc1CCNC(=O)c1cnc(NC2CCS(=O)(=O)C2)cn1. The summed E-state index contributed by atoms with van der Waals surface area (Å²) in [6.45, 7) is 0.445. The molecule has 2 aromatic rings. The Kier molecular flexibility index (Phi) is 5.90. The van der Waals surface area contributed by atoms with Crippen LogP contribution in [0.1, 0.15) is 22.5 Å². The molecule has 0 spiro atoms. The van der Waals surface area contributed by atoms with Crippen LogP contribution in [0.4, 0.5) is 5.82 Å². The Balaban J connectivity index is 1.50. The molecular formula is C18H22N4O4S. The van der Waals surface area contributed by atoms with E-state index in [1.54, 1.807) is 7.11 Å². The lowest BCUT2D eigenvalue weighted by molar-refractivity contribution is 0.0948. The van der Waals surface area contributed by atoms with Gasteiger partial charge in [-0.1, -0.05) is 18.2 Å². The average Bonchev–Trinajstić information content (AvgIpc) is 3.01. The van der Waals surface area contributed by atoms with Crippen LogP contribution in [0.3, 0.4) is 0 Å². The molecule has 0 radical (unpaired) electrons. The van der Waals surface area contributed by atoms with E-state index in [4.69, 9.17) is 4.74 Å². The standard InChI is InChI=1S/C18H22N4O4S/c1-26-16-5-3-2-4-13(16)6-8-19-18(23)15-10-21-17(11-20-15)22-14-7-9-27(24,25)12-14/h2-5,10-11,14H,6-9,12H2,1H3,(H,19,23)(H,21,22). The number of amides is 1. The number of carbonyl (C=O) groups excluding carboxylic acids is 1. The third-order valence-corrected chi connectivity index (χ3v) is 6.11. The topological polar surface area (TPSA) is 110 Å². The lowest BCUT2D eigenvalue weighted by atomic mass is 10.1. The van der Waals surface area contributed by atoms with Crippen LogP contribution < -0.4 is 15.4 Å². The van der Waals surface area contributed by atoms with Crippen LogP contribution in [-0.4, -0.2) is 55.5 Å². The second-order valence-corrected chi connectivity index (χ2v) is 8.58. The van der Waals surface area contributed by atoms with E-state index in [-0.39, 0.29) is 29.1 Å². The van der Waals surface area contributed by atoms with Gasteiger partial charge in [0.2, 0.25) is 0 Å². The van der Waals surface area contributed by atoms with Gasteiger partial charge in [0.25, 0.3) is 5.91 Å². The molecule has 1 aliphatic heterocycles. The van der Waals surface area contributed by atoms with Crippen molar-refractivity contribution < 1.29 is 17.9 Å². The zero-order chi connectivity index (χ0) is 19.3. The van der Waals surface area contributed by atoms with Gasteiger partial charge in [0, 0.05) is 12.6 Å². The molecular weight excluding hydrogens is 368 g/mol. The van der Waals surface area contributed by atoms with Gasteiger partial charge >= 0.3 is 0 Å². The first-order chi connectivity index (χ1) is 13.0. The fraction of sp³-hybridized carbons (Fsp3) is 0.389. The van der Waals surface area contributed by atoms with Crippen molar-refractivity contribution in [3.8, 4) is 5.75 Å². The highest BCUT2D eigenvalue weighted by atomic mass is 32.2. The van der Waals surface area contributed by atoms with E-state index in [1.165, 1.54) is 12.4 Å². The number of methoxy groups -OCH3 is 1. The van der Waals surface area contributed by atoms with E-state index >= 15 is 0 Å². The minimum atomic E-state index is -2.96. The minimum Gasteiger partial charge on any atom is -0.496 e. The molecule has 1 saturated heterocycles. The maximum Gasteiger partial charge on any atom is 0.271 e. The highest BCUT2D eigenvalue weighted by molar-refractivity contribution is 7.91. The van der Waals surface area contributed by atoms with Gasteiger partial charge in [-0.2, -0.15) is 0 Å². The number of rotatable bonds is 7. The van der Waals surface area contributed by atoms with Crippen molar-refractivity contribution in [1.29, 1.82) is 0 Å². The van der Waals surface area contributed by atoms with Gasteiger partial charge in [-0.15, -0.1) is 0 Å². The molecule has 27 heavy (non-hydrogen) atoms. The molecule has 2 N–H and O–H groups in total. The number of hydrogen-bond donors (Lipinski definition) is 2. The molecule has 2 heterocycles. The van der Waals surface area contributed by atoms with Gasteiger partial charge in [-0.25, -0.2) is 18.4 Å². The van der Waals surface area contributed by atoms with E-state index in [1.807, 2.05) is 24.3 Å². The summed E-state index contributed by atoms with van der Waals surface area (Å²) < 4.78 is 28.3.